The van der Waals surface area contributed by atoms with Crippen LogP contribution in [0, 0.1) is 13.8 Å². The molecule has 0 saturated heterocycles. The van der Waals surface area contributed by atoms with E-state index in [-0.39, 0.29) is 0 Å². The summed E-state index contributed by atoms with van der Waals surface area (Å²) in [7, 11) is 0. The van der Waals surface area contributed by atoms with E-state index in [1.54, 1.807) is 36.4 Å². The zero-order valence-corrected chi connectivity index (χ0v) is 35.0. The normalized spacial score (nSPS) is 10.5. The predicted octanol–water partition coefficient (Wildman–Crippen LogP) is 9.75. The van der Waals surface area contributed by atoms with Crippen LogP contribution in [0.15, 0.2) is 165 Å². The van der Waals surface area contributed by atoms with E-state index in [1.165, 1.54) is 5.56 Å². The molecule has 0 radical (unpaired) electrons. The number of hydrogen-bond acceptors (Lipinski definition) is 9. The van der Waals surface area contributed by atoms with Crippen molar-refractivity contribution in [3.05, 3.63) is 204 Å². The quantitative estimate of drug-likeness (QED) is 0.0361. The van der Waals surface area contributed by atoms with Crippen molar-refractivity contribution < 1.29 is 23.8 Å². The van der Waals surface area contributed by atoms with E-state index in [0.29, 0.717) is 64.2 Å². The molecule has 0 aliphatic rings. The lowest BCUT2D eigenvalue weighted by molar-refractivity contribution is -0.128. The van der Waals surface area contributed by atoms with Crippen molar-refractivity contribution in [3.8, 4) is 22.9 Å². The zero-order chi connectivity index (χ0) is 44.2. The molecular weight excluding hydrogens is 775 g/mol. The number of esters is 2. The standard InChI is InChI=1S/C28H27N3O2.C24H24N2O3/c1-19-3-9-23(10-4-19)20(2)28(32)33-25-12-7-21(8-13-25)5-6-22-15-16-31(18-22)27-17-24(29)11-14-26(27)30;1-16-3-7-19(8-4-16)17(2)24(27)29-21-10-5-18(6-11-21)13-14-28-23-15-20(25)9-12-22(23)26/h3-4,7-18H,2,5-6,29-30H2,1H3;3-12,15H,2,13-14,25-26H2,1H3. The Morgan fingerprint density at radius 1 is 0.532 bits per heavy atom. The average Bonchev–Trinajstić information content (AvgIpc) is 3.75. The number of anilines is 4. The molecule has 8 N–H and O–H groups in total. The summed E-state index contributed by atoms with van der Waals surface area (Å²) in [6.45, 7) is 12.2. The van der Waals surface area contributed by atoms with Gasteiger partial charge in [-0.05, 0) is 115 Å². The summed E-state index contributed by atoms with van der Waals surface area (Å²) < 4.78 is 18.6. The van der Waals surface area contributed by atoms with E-state index in [1.807, 2.05) is 122 Å². The number of nitrogens with zero attached hydrogens (tertiary/aromatic N) is 1. The third-order valence-electron chi connectivity index (χ3n) is 10.0. The number of nitrogen functional groups attached to an aromatic ring is 4. The molecule has 0 unspecified atom stereocenters. The number of aromatic nitrogens is 1. The smallest absolute Gasteiger partial charge is 0.343 e. The molecule has 1 heterocycles. The second-order valence-electron chi connectivity index (χ2n) is 14.9. The minimum Gasteiger partial charge on any atom is -0.491 e. The second-order valence-corrected chi connectivity index (χ2v) is 14.9. The molecule has 0 spiro atoms. The Hall–Kier alpha value is -7.98. The van der Waals surface area contributed by atoms with E-state index in [4.69, 9.17) is 37.1 Å². The van der Waals surface area contributed by atoms with E-state index < -0.39 is 11.9 Å². The Balaban J connectivity index is 0.000000209. The molecule has 10 nitrogen and oxygen atoms in total. The number of carbonyl (C=O) groups is 2. The molecule has 0 aliphatic heterocycles. The lowest BCUT2D eigenvalue weighted by atomic mass is 10.1. The fourth-order valence-electron chi connectivity index (χ4n) is 6.30. The number of benzene rings is 6. The Bertz CT molecular complexity index is 2670. The van der Waals surface area contributed by atoms with E-state index in [9.17, 15) is 9.59 Å². The number of nitrogens with two attached hydrogens (primary N) is 4. The maximum atomic E-state index is 12.4. The SMILES string of the molecule is C=C(C(=O)Oc1ccc(CCOc2cc(N)ccc2N)cc1)c1ccc(C)cc1.C=C(C(=O)Oc1ccc(CCc2ccn(-c3cc(N)ccc3N)c2)cc1)c1ccc(C)cc1. The van der Waals surface area contributed by atoms with Crippen LogP contribution in [0.25, 0.3) is 16.8 Å². The highest BCUT2D eigenvalue weighted by molar-refractivity contribution is 6.17. The van der Waals surface area contributed by atoms with Crippen LogP contribution < -0.4 is 37.1 Å². The van der Waals surface area contributed by atoms with Gasteiger partial charge in [-0.1, -0.05) is 97.1 Å². The van der Waals surface area contributed by atoms with Crippen molar-refractivity contribution in [2.75, 3.05) is 29.5 Å². The third kappa shape index (κ3) is 12.0. The van der Waals surface area contributed by atoms with Crippen molar-refractivity contribution in [3.63, 3.8) is 0 Å². The summed E-state index contributed by atoms with van der Waals surface area (Å²) in [4.78, 5) is 24.7. The molecular formula is C52H51N5O5. The van der Waals surface area contributed by atoms with Crippen LogP contribution in [-0.4, -0.2) is 23.1 Å². The molecule has 10 heteroatoms. The molecule has 314 valence electrons. The maximum Gasteiger partial charge on any atom is 0.343 e. The minimum atomic E-state index is -0.470. The largest absolute Gasteiger partial charge is 0.491 e. The lowest BCUT2D eigenvalue weighted by Crippen LogP contribution is -2.09. The Morgan fingerprint density at radius 2 is 1.00 bits per heavy atom. The van der Waals surface area contributed by atoms with Gasteiger partial charge in [0.25, 0.3) is 0 Å². The predicted molar refractivity (Wildman–Crippen MR) is 251 cm³/mol. The van der Waals surface area contributed by atoms with Crippen LogP contribution in [-0.2, 0) is 28.9 Å². The number of aryl methyl sites for hydroxylation is 4. The first-order valence-corrected chi connectivity index (χ1v) is 20.1. The molecule has 0 bridgehead atoms. The van der Waals surface area contributed by atoms with E-state index in [0.717, 1.165) is 51.9 Å². The first kappa shape index (κ1) is 43.6. The van der Waals surface area contributed by atoms with Gasteiger partial charge in [0, 0.05) is 36.3 Å². The molecule has 0 atom stereocenters. The van der Waals surface area contributed by atoms with Crippen molar-refractivity contribution >= 4 is 45.8 Å². The van der Waals surface area contributed by atoms with Crippen molar-refractivity contribution in [2.24, 2.45) is 0 Å². The van der Waals surface area contributed by atoms with Crippen LogP contribution in [0.5, 0.6) is 17.2 Å². The molecule has 62 heavy (non-hydrogen) atoms. The highest BCUT2D eigenvalue weighted by atomic mass is 16.5. The minimum absolute atomic E-state index is 0.321. The van der Waals surface area contributed by atoms with Crippen molar-refractivity contribution in [2.45, 2.75) is 33.1 Å². The van der Waals surface area contributed by atoms with E-state index in [2.05, 4.69) is 25.4 Å². The number of ether oxygens (including phenoxy) is 3. The van der Waals surface area contributed by atoms with Gasteiger partial charge in [-0.2, -0.15) is 0 Å². The van der Waals surface area contributed by atoms with Crippen LogP contribution in [0.1, 0.15) is 38.9 Å². The fraction of sp³-hybridized carbons (Fsp3) is 0.115. The first-order valence-electron chi connectivity index (χ1n) is 20.1. The summed E-state index contributed by atoms with van der Waals surface area (Å²) in [5.74, 6) is 0.620. The molecule has 0 aliphatic carbocycles. The summed E-state index contributed by atoms with van der Waals surface area (Å²) in [5, 5.41) is 0. The van der Waals surface area contributed by atoms with Gasteiger partial charge < -0.3 is 41.7 Å². The first-order chi connectivity index (χ1) is 29.8. The number of hydrogen-bond donors (Lipinski definition) is 4. The third-order valence-corrected chi connectivity index (χ3v) is 10.0. The maximum absolute atomic E-state index is 12.4. The fourth-order valence-corrected chi connectivity index (χ4v) is 6.30. The van der Waals surface area contributed by atoms with Gasteiger partial charge in [0.1, 0.15) is 17.2 Å². The lowest BCUT2D eigenvalue weighted by Gasteiger charge is -2.10. The highest BCUT2D eigenvalue weighted by Crippen LogP contribution is 2.26. The van der Waals surface area contributed by atoms with Crippen LogP contribution in [0.2, 0.25) is 0 Å². The van der Waals surface area contributed by atoms with Crippen molar-refractivity contribution in [1.29, 1.82) is 0 Å². The van der Waals surface area contributed by atoms with Gasteiger partial charge in [-0.3, -0.25) is 0 Å². The molecule has 0 amide bonds. The van der Waals surface area contributed by atoms with Gasteiger partial charge in [-0.25, -0.2) is 9.59 Å². The Morgan fingerprint density at radius 3 is 1.53 bits per heavy atom. The van der Waals surface area contributed by atoms with Crippen LogP contribution in [0.3, 0.4) is 0 Å². The zero-order valence-electron chi connectivity index (χ0n) is 35.0. The topological polar surface area (TPSA) is 171 Å². The van der Waals surface area contributed by atoms with Crippen LogP contribution in [0.4, 0.5) is 22.7 Å². The number of carbonyl (C=O) groups excluding carboxylic acids is 2. The monoisotopic (exact) mass is 825 g/mol. The molecule has 6 aromatic carbocycles. The van der Waals surface area contributed by atoms with Crippen molar-refractivity contribution in [1.82, 2.24) is 4.57 Å². The van der Waals surface area contributed by atoms with Gasteiger partial charge in [-0.15, -0.1) is 0 Å². The molecule has 1 aromatic heterocycles. The molecule has 0 saturated carbocycles. The molecule has 7 rings (SSSR count). The van der Waals surface area contributed by atoms with Gasteiger partial charge in [0.15, 0.2) is 0 Å². The van der Waals surface area contributed by atoms with Gasteiger partial charge >= 0.3 is 11.9 Å². The average molecular weight is 826 g/mol. The summed E-state index contributed by atoms with van der Waals surface area (Å²) in [5.41, 5.74) is 34.8. The van der Waals surface area contributed by atoms with Crippen LogP contribution >= 0.6 is 0 Å². The Kier molecular flexibility index (Phi) is 14.3. The summed E-state index contributed by atoms with van der Waals surface area (Å²) in [6.07, 6.45) is 6.47. The van der Waals surface area contributed by atoms with Gasteiger partial charge in [0.05, 0.1) is 34.8 Å². The van der Waals surface area contributed by atoms with Gasteiger partial charge in [0.2, 0.25) is 0 Å². The molecule has 7 aromatic rings. The second kappa shape index (κ2) is 20.3. The summed E-state index contributed by atoms with van der Waals surface area (Å²) in [6, 6.07) is 42.8. The highest BCUT2D eigenvalue weighted by Gasteiger charge is 2.14. The summed E-state index contributed by atoms with van der Waals surface area (Å²) >= 11 is 0. The number of rotatable bonds is 14. The van der Waals surface area contributed by atoms with E-state index >= 15 is 0 Å². The Labute approximate surface area is 362 Å². The molecule has 0 fully saturated rings.